The second-order valence-corrected chi connectivity index (χ2v) is 7.22. The number of hydrogen-bond donors (Lipinski definition) is 1. The van der Waals surface area contributed by atoms with Gasteiger partial charge in [0.2, 0.25) is 0 Å². The van der Waals surface area contributed by atoms with Gasteiger partial charge in [-0.15, -0.1) is 0 Å². The maximum absolute atomic E-state index is 13.0. The topological polar surface area (TPSA) is 122 Å². The van der Waals surface area contributed by atoms with Crippen LogP contribution >= 0.6 is 15.9 Å². The van der Waals surface area contributed by atoms with Gasteiger partial charge < -0.3 is 9.84 Å². The minimum Gasteiger partial charge on any atom is -0.394 e. The van der Waals surface area contributed by atoms with Gasteiger partial charge in [0.15, 0.2) is 0 Å². The van der Waals surface area contributed by atoms with Gasteiger partial charge in [-0.05, 0) is 23.6 Å². The highest BCUT2D eigenvalue weighted by Crippen LogP contribution is 2.29. The summed E-state index contributed by atoms with van der Waals surface area (Å²) in [6.07, 6.45) is 0.283. The van der Waals surface area contributed by atoms with E-state index < -0.39 is 24.1 Å². The minimum atomic E-state index is -0.721. The summed E-state index contributed by atoms with van der Waals surface area (Å²) in [5, 5.41) is 13.8. The van der Waals surface area contributed by atoms with Crippen molar-refractivity contribution < 1.29 is 9.84 Å². The summed E-state index contributed by atoms with van der Waals surface area (Å²) >= 11 is 3.39. The van der Waals surface area contributed by atoms with E-state index in [9.17, 15) is 14.7 Å². The number of ether oxygens (including phenoxy) is 1. The Bertz CT molecular complexity index is 1010. The summed E-state index contributed by atoms with van der Waals surface area (Å²) in [7, 11) is 0. The highest BCUT2D eigenvalue weighted by molar-refractivity contribution is 9.08. The maximum atomic E-state index is 13.0. The number of azide groups is 1. The summed E-state index contributed by atoms with van der Waals surface area (Å²) in [4.78, 5) is 28.3. The molecule has 0 bridgehead atoms. The molecule has 9 nitrogen and oxygen atoms in total. The molecule has 148 valence electrons. The number of aliphatic hydroxyl groups excluding tert-OH is 1. The zero-order valence-electron chi connectivity index (χ0n) is 15.2. The first-order chi connectivity index (χ1) is 13.5. The van der Waals surface area contributed by atoms with Crippen molar-refractivity contribution in [1.82, 2.24) is 9.13 Å². The third kappa shape index (κ3) is 4.05. The molecule has 1 aromatic carbocycles. The number of hydrogen-bond acceptors (Lipinski definition) is 5. The smallest absolute Gasteiger partial charge is 0.333 e. The van der Waals surface area contributed by atoms with Gasteiger partial charge in [-0.25, -0.2) is 4.79 Å². The lowest BCUT2D eigenvalue weighted by Gasteiger charge is -2.17. The molecule has 0 radical (unpaired) electrons. The van der Waals surface area contributed by atoms with E-state index in [0.717, 1.165) is 21.0 Å². The Morgan fingerprint density at radius 3 is 2.61 bits per heavy atom. The normalized spacial score (nSPS) is 21.5. The Morgan fingerprint density at radius 1 is 1.32 bits per heavy atom. The third-order valence-corrected chi connectivity index (χ3v) is 5.43. The second-order valence-electron chi connectivity index (χ2n) is 6.66. The van der Waals surface area contributed by atoms with Gasteiger partial charge in [0.1, 0.15) is 6.23 Å². The predicted octanol–water partition coefficient (Wildman–Crippen LogP) is 2.22. The van der Waals surface area contributed by atoms with Gasteiger partial charge in [0.05, 0.1) is 25.3 Å². The number of rotatable bonds is 6. The summed E-state index contributed by atoms with van der Waals surface area (Å²) in [6, 6.07) is 7.03. The maximum Gasteiger partial charge on any atom is 0.333 e. The molecule has 1 fully saturated rings. The van der Waals surface area contributed by atoms with Crippen molar-refractivity contribution in [2.75, 3.05) is 6.61 Å². The SMILES string of the molecule is Cc1cn([C@H]2C[C@H](N=[N+]=[N-])[C@@H](CO)O2)c(=O)n(Cc2ccc(CBr)cc2)c1=O. The van der Waals surface area contributed by atoms with Crippen molar-refractivity contribution in [2.24, 2.45) is 5.11 Å². The fourth-order valence-corrected chi connectivity index (χ4v) is 3.63. The molecule has 0 aliphatic carbocycles. The van der Waals surface area contributed by atoms with Crippen molar-refractivity contribution in [3.05, 3.63) is 78.4 Å². The molecule has 28 heavy (non-hydrogen) atoms. The molecule has 1 aliphatic heterocycles. The fraction of sp³-hybridized carbons (Fsp3) is 0.444. The molecule has 1 N–H and O–H groups in total. The first-order valence-corrected chi connectivity index (χ1v) is 9.87. The minimum absolute atomic E-state index is 0.137. The van der Waals surface area contributed by atoms with Crippen LogP contribution in [0.15, 0.2) is 45.2 Å². The van der Waals surface area contributed by atoms with Gasteiger partial charge in [0, 0.05) is 28.4 Å². The lowest BCUT2D eigenvalue weighted by molar-refractivity contribution is -0.0277. The number of alkyl halides is 1. The summed E-state index contributed by atoms with van der Waals surface area (Å²) in [5.41, 5.74) is 10.1. The number of benzene rings is 1. The lowest BCUT2D eigenvalue weighted by atomic mass is 10.1. The van der Waals surface area contributed by atoms with Crippen LogP contribution in [0.3, 0.4) is 0 Å². The lowest BCUT2D eigenvalue weighted by Crippen LogP contribution is -2.42. The molecule has 0 spiro atoms. The average molecular weight is 450 g/mol. The molecular formula is C18H20BrN5O4. The third-order valence-electron chi connectivity index (χ3n) is 4.78. The van der Waals surface area contributed by atoms with E-state index in [1.54, 1.807) is 6.92 Å². The molecule has 1 aliphatic rings. The molecule has 3 rings (SSSR count). The van der Waals surface area contributed by atoms with Gasteiger partial charge in [-0.2, -0.15) is 0 Å². The van der Waals surface area contributed by atoms with Gasteiger partial charge >= 0.3 is 5.69 Å². The van der Waals surface area contributed by atoms with Crippen molar-refractivity contribution in [2.45, 2.75) is 43.6 Å². The Balaban J connectivity index is 1.97. The summed E-state index contributed by atoms with van der Waals surface area (Å²) in [5.74, 6) is 0. The zero-order chi connectivity index (χ0) is 20.3. The number of aliphatic hydroxyl groups is 1. The fourth-order valence-electron chi connectivity index (χ4n) is 3.26. The molecule has 2 heterocycles. The van der Waals surface area contributed by atoms with Crippen LogP contribution in [0.4, 0.5) is 0 Å². The Hall–Kier alpha value is -2.39. The van der Waals surface area contributed by atoms with Crippen molar-refractivity contribution in [3.63, 3.8) is 0 Å². The number of nitrogens with zero attached hydrogens (tertiary/aromatic N) is 5. The van der Waals surface area contributed by atoms with E-state index in [-0.39, 0.29) is 25.1 Å². The molecule has 1 aromatic heterocycles. The molecule has 0 amide bonds. The number of aryl methyl sites for hydroxylation is 1. The number of halogens is 1. The molecule has 1 saturated heterocycles. The van der Waals surface area contributed by atoms with E-state index in [0.29, 0.717) is 5.56 Å². The van der Waals surface area contributed by atoms with Crippen LogP contribution < -0.4 is 11.2 Å². The Labute approximate surface area is 168 Å². The first kappa shape index (κ1) is 20.3. The predicted molar refractivity (Wildman–Crippen MR) is 106 cm³/mol. The Morgan fingerprint density at radius 2 is 2.00 bits per heavy atom. The molecule has 2 aromatic rings. The van der Waals surface area contributed by atoms with Crippen LogP contribution in [0.1, 0.15) is 29.3 Å². The summed E-state index contributed by atoms with van der Waals surface area (Å²) < 4.78 is 8.20. The van der Waals surface area contributed by atoms with E-state index >= 15 is 0 Å². The van der Waals surface area contributed by atoms with Crippen LogP contribution in [0, 0.1) is 6.92 Å². The van der Waals surface area contributed by atoms with Crippen LogP contribution in [0.2, 0.25) is 0 Å². The standard InChI is InChI=1S/C18H20BrN5O4/c1-11-8-23(16-6-14(21-22-20)15(10-25)28-16)18(27)24(17(11)26)9-13-4-2-12(7-19)3-5-13/h2-5,8,14-16,25H,6-7,9-10H2,1H3/t14-,15+,16+/m0/s1. The van der Waals surface area contributed by atoms with Crippen molar-refractivity contribution >= 4 is 15.9 Å². The molecule has 0 unspecified atom stereocenters. The molecular weight excluding hydrogens is 430 g/mol. The molecule has 10 heteroatoms. The van der Waals surface area contributed by atoms with E-state index in [1.807, 2.05) is 24.3 Å². The van der Waals surface area contributed by atoms with Crippen molar-refractivity contribution in [3.8, 4) is 0 Å². The van der Waals surface area contributed by atoms with Gasteiger partial charge in [-0.3, -0.25) is 13.9 Å². The first-order valence-electron chi connectivity index (χ1n) is 8.75. The second kappa shape index (κ2) is 8.74. The van der Waals surface area contributed by atoms with Gasteiger partial charge in [0.25, 0.3) is 5.56 Å². The highest BCUT2D eigenvalue weighted by Gasteiger charge is 2.36. The largest absolute Gasteiger partial charge is 0.394 e. The number of aromatic nitrogens is 2. The van der Waals surface area contributed by atoms with Crippen LogP contribution in [-0.4, -0.2) is 33.0 Å². The van der Waals surface area contributed by atoms with Gasteiger partial charge in [-0.1, -0.05) is 45.3 Å². The quantitative estimate of drug-likeness (QED) is 0.314. The Kier molecular flexibility index (Phi) is 6.35. The molecule has 0 saturated carbocycles. The van der Waals surface area contributed by atoms with E-state index in [1.165, 1.54) is 10.8 Å². The molecule has 3 atom stereocenters. The monoisotopic (exact) mass is 449 g/mol. The van der Waals surface area contributed by atoms with Crippen LogP contribution in [-0.2, 0) is 16.6 Å². The van der Waals surface area contributed by atoms with E-state index in [2.05, 4.69) is 26.0 Å². The zero-order valence-corrected chi connectivity index (χ0v) is 16.8. The van der Waals surface area contributed by atoms with E-state index in [4.69, 9.17) is 10.3 Å². The summed E-state index contributed by atoms with van der Waals surface area (Å²) in [6.45, 7) is 1.44. The van der Waals surface area contributed by atoms with Crippen LogP contribution in [0.5, 0.6) is 0 Å². The highest BCUT2D eigenvalue weighted by atomic mass is 79.9. The van der Waals surface area contributed by atoms with Crippen molar-refractivity contribution in [1.29, 1.82) is 0 Å². The average Bonchev–Trinajstić information content (AvgIpc) is 3.11. The van der Waals surface area contributed by atoms with Crippen LogP contribution in [0.25, 0.3) is 10.4 Å².